The summed E-state index contributed by atoms with van der Waals surface area (Å²) in [7, 11) is 0. The van der Waals surface area contributed by atoms with Gasteiger partial charge in [0.2, 0.25) is 0 Å². The van der Waals surface area contributed by atoms with Crippen LogP contribution in [0.1, 0.15) is 17.3 Å². The number of nitrogens with one attached hydrogen (secondary N) is 2. The molecule has 0 spiro atoms. The van der Waals surface area contributed by atoms with Crippen molar-refractivity contribution in [3.8, 4) is 0 Å². The lowest BCUT2D eigenvalue weighted by molar-refractivity contribution is 0.112. The number of benzene rings is 1. The third-order valence-corrected chi connectivity index (χ3v) is 2.59. The quantitative estimate of drug-likeness (QED) is 0.833. The van der Waals surface area contributed by atoms with Crippen LogP contribution in [0.15, 0.2) is 24.4 Å². The molecule has 2 N–H and O–H groups in total. The van der Waals surface area contributed by atoms with Gasteiger partial charge < -0.3 is 5.32 Å². The van der Waals surface area contributed by atoms with Crippen LogP contribution in [-0.2, 0) is 0 Å². The van der Waals surface area contributed by atoms with Gasteiger partial charge in [-0.25, -0.2) is 14.2 Å². The predicted molar refractivity (Wildman–Crippen MR) is 69.8 cm³/mol. The Morgan fingerprint density at radius 2 is 2.21 bits per heavy atom. The molecule has 0 aliphatic heterocycles. The summed E-state index contributed by atoms with van der Waals surface area (Å²) in [5.74, 6) is -0.248. The molecule has 2 rings (SSSR count). The lowest BCUT2D eigenvalue weighted by Crippen LogP contribution is -2.28. The molecule has 98 valence electrons. The summed E-state index contributed by atoms with van der Waals surface area (Å²) in [5.41, 5.74) is 0.355. The number of anilines is 1. The van der Waals surface area contributed by atoms with Gasteiger partial charge in [-0.05, 0) is 25.1 Å². The number of amides is 2. The van der Waals surface area contributed by atoms with E-state index in [0.717, 1.165) is 0 Å². The minimum atomic E-state index is -0.470. The third kappa shape index (κ3) is 2.67. The zero-order valence-corrected chi connectivity index (χ0v) is 10.2. The van der Waals surface area contributed by atoms with Crippen molar-refractivity contribution in [1.29, 1.82) is 0 Å². The number of hydrogen-bond donors (Lipinski definition) is 2. The highest BCUT2D eigenvalue weighted by molar-refractivity contribution is 5.99. The summed E-state index contributed by atoms with van der Waals surface area (Å²) >= 11 is 0. The Labute approximate surface area is 108 Å². The van der Waals surface area contributed by atoms with E-state index in [1.165, 1.54) is 24.4 Å². The number of hydrogen-bond acceptors (Lipinski definition) is 3. The maximum Gasteiger partial charge on any atom is 0.320 e. The smallest absolute Gasteiger partial charge is 0.320 e. The fourth-order valence-electron chi connectivity index (χ4n) is 1.72. The maximum absolute atomic E-state index is 13.7. The van der Waals surface area contributed by atoms with Gasteiger partial charge in [0.05, 0.1) is 0 Å². The number of aldehydes is 1. The second-order valence-electron chi connectivity index (χ2n) is 3.85. The van der Waals surface area contributed by atoms with Gasteiger partial charge in [0, 0.05) is 29.1 Å². The number of carbonyl (C=O) groups is 2. The Balaban J connectivity index is 2.43. The molecule has 0 saturated carbocycles. The van der Waals surface area contributed by atoms with E-state index >= 15 is 0 Å². The average Bonchev–Trinajstić information content (AvgIpc) is 2.40. The third-order valence-electron chi connectivity index (χ3n) is 2.59. The van der Waals surface area contributed by atoms with Crippen LogP contribution in [0.5, 0.6) is 0 Å². The van der Waals surface area contributed by atoms with E-state index < -0.39 is 11.8 Å². The zero-order valence-electron chi connectivity index (χ0n) is 10.2. The van der Waals surface area contributed by atoms with Crippen molar-refractivity contribution in [3.63, 3.8) is 0 Å². The molecule has 1 heterocycles. The highest BCUT2D eigenvalue weighted by atomic mass is 19.1. The van der Waals surface area contributed by atoms with E-state index in [4.69, 9.17) is 0 Å². The summed E-state index contributed by atoms with van der Waals surface area (Å²) < 4.78 is 13.7. The monoisotopic (exact) mass is 261 g/mol. The van der Waals surface area contributed by atoms with E-state index in [0.29, 0.717) is 23.8 Å². The second kappa shape index (κ2) is 5.43. The fourth-order valence-corrected chi connectivity index (χ4v) is 1.72. The molecule has 2 aromatic rings. The highest BCUT2D eigenvalue weighted by Gasteiger charge is 2.08. The molecule has 0 aliphatic rings. The molecule has 0 aliphatic carbocycles. The number of fused-ring (bicyclic) bond motifs is 1. The summed E-state index contributed by atoms with van der Waals surface area (Å²) in [6.07, 6.45) is 2.00. The van der Waals surface area contributed by atoms with E-state index in [2.05, 4.69) is 15.6 Å². The molecule has 2 amide bonds. The molecule has 1 aromatic heterocycles. The van der Waals surface area contributed by atoms with Crippen LogP contribution in [0.25, 0.3) is 10.8 Å². The first kappa shape index (κ1) is 12.9. The molecule has 1 aromatic carbocycles. The molecule has 19 heavy (non-hydrogen) atoms. The fraction of sp³-hybridized carbons (Fsp3) is 0.154. The van der Waals surface area contributed by atoms with Crippen molar-refractivity contribution in [1.82, 2.24) is 10.3 Å². The minimum Gasteiger partial charge on any atom is -0.338 e. The standard InChI is InChI=1S/C13H12FN3O2/c1-2-15-13(19)17-12-5-9-10(6-16-12)8(7-18)3-4-11(9)14/h3-7H,2H2,1H3,(H2,15,16,17,19). The van der Waals surface area contributed by atoms with Crippen LogP contribution < -0.4 is 10.6 Å². The van der Waals surface area contributed by atoms with Crippen molar-refractivity contribution in [3.05, 3.63) is 35.8 Å². The molecular formula is C13H12FN3O2. The van der Waals surface area contributed by atoms with Crippen LogP contribution in [0.2, 0.25) is 0 Å². The van der Waals surface area contributed by atoms with Gasteiger partial charge in [0.25, 0.3) is 0 Å². The lowest BCUT2D eigenvalue weighted by atomic mass is 10.1. The molecule has 0 unspecified atom stereocenters. The van der Waals surface area contributed by atoms with Crippen LogP contribution >= 0.6 is 0 Å². The van der Waals surface area contributed by atoms with E-state index in [9.17, 15) is 14.0 Å². The number of halogens is 1. The Kier molecular flexibility index (Phi) is 3.70. The van der Waals surface area contributed by atoms with Crippen molar-refractivity contribution in [2.24, 2.45) is 0 Å². The van der Waals surface area contributed by atoms with Gasteiger partial charge in [0.15, 0.2) is 6.29 Å². The number of nitrogens with zero attached hydrogens (tertiary/aromatic N) is 1. The molecule has 0 saturated heterocycles. The molecule has 0 radical (unpaired) electrons. The van der Waals surface area contributed by atoms with Gasteiger partial charge in [-0.3, -0.25) is 10.1 Å². The van der Waals surface area contributed by atoms with Crippen molar-refractivity contribution >= 4 is 28.9 Å². The number of rotatable bonds is 3. The minimum absolute atomic E-state index is 0.223. The second-order valence-corrected chi connectivity index (χ2v) is 3.85. The van der Waals surface area contributed by atoms with Gasteiger partial charge in [-0.1, -0.05) is 0 Å². The first-order valence-electron chi connectivity index (χ1n) is 5.74. The number of carbonyl (C=O) groups excluding carboxylic acids is 2. The molecular weight excluding hydrogens is 249 g/mol. The summed E-state index contributed by atoms with van der Waals surface area (Å²) in [4.78, 5) is 26.2. The Morgan fingerprint density at radius 3 is 2.89 bits per heavy atom. The van der Waals surface area contributed by atoms with Gasteiger partial charge in [-0.15, -0.1) is 0 Å². The molecule has 0 fully saturated rings. The predicted octanol–water partition coefficient (Wildman–Crippen LogP) is 2.33. The largest absolute Gasteiger partial charge is 0.338 e. The van der Waals surface area contributed by atoms with E-state index in [1.54, 1.807) is 6.92 Å². The van der Waals surface area contributed by atoms with Crippen molar-refractivity contribution in [2.45, 2.75) is 6.92 Å². The Morgan fingerprint density at radius 1 is 1.42 bits per heavy atom. The van der Waals surface area contributed by atoms with Gasteiger partial charge >= 0.3 is 6.03 Å². The number of aromatic nitrogens is 1. The lowest BCUT2D eigenvalue weighted by Gasteiger charge is -2.07. The van der Waals surface area contributed by atoms with Gasteiger partial charge in [0.1, 0.15) is 11.6 Å². The van der Waals surface area contributed by atoms with Crippen LogP contribution in [0, 0.1) is 5.82 Å². The topological polar surface area (TPSA) is 71.1 Å². The van der Waals surface area contributed by atoms with Gasteiger partial charge in [-0.2, -0.15) is 0 Å². The highest BCUT2D eigenvalue weighted by Crippen LogP contribution is 2.22. The number of urea groups is 1. The first-order valence-corrected chi connectivity index (χ1v) is 5.74. The van der Waals surface area contributed by atoms with Crippen LogP contribution in [-0.4, -0.2) is 23.8 Å². The van der Waals surface area contributed by atoms with Crippen molar-refractivity contribution in [2.75, 3.05) is 11.9 Å². The molecule has 0 bridgehead atoms. The molecule has 0 atom stereocenters. The SMILES string of the molecule is CCNC(=O)Nc1cc2c(F)ccc(C=O)c2cn1. The van der Waals surface area contributed by atoms with E-state index in [1.807, 2.05) is 0 Å². The van der Waals surface area contributed by atoms with Crippen LogP contribution in [0.4, 0.5) is 15.0 Å². The number of pyridine rings is 1. The first-order chi connectivity index (χ1) is 9.15. The molecule has 6 heteroatoms. The maximum atomic E-state index is 13.7. The van der Waals surface area contributed by atoms with Crippen LogP contribution in [0.3, 0.4) is 0 Å². The zero-order chi connectivity index (χ0) is 13.8. The summed E-state index contributed by atoms with van der Waals surface area (Å²) in [6.45, 7) is 2.26. The normalized spacial score (nSPS) is 10.2. The average molecular weight is 261 g/mol. The van der Waals surface area contributed by atoms with Crippen molar-refractivity contribution < 1.29 is 14.0 Å². The molecule has 5 nitrogen and oxygen atoms in total. The summed E-state index contributed by atoms with van der Waals surface area (Å²) in [5, 5.41) is 5.68. The summed E-state index contributed by atoms with van der Waals surface area (Å²) in [6, 6.07) is 3.58. The Hall–Kier alpha value is -2.50. The van der Waals surface area contributed by atoms with E-state index in [-0.39, 0.29) is 11.2 Å². The Bertz CT molecular complexity index is 643.